The number of phenols is 2. The predicted molar refractivity (Wildman–Crippen MR) is 91.8 cm³/mol. The van der Waals surface area contributed by atoms with Gasteiger partial charge >= 0.3 is 0 Å². The second-order valence-electron chi connectivity index (χ2n) is 6.12. The van der Waals surface area contributed by atoms with Gasteiger partial charge in [0.1, 0.15) is 11.5 Å². The number of hydrogen-bond acceptors (Lipinski definition) is 2. The minimum atomic E-state index is 0.308. The molecule has 0 bridgehead atoms. The molecular weight excluding hydrogens is 272 g/mol. The van der Waals surface area contributed by atoms with Crippen molar-refractivity contribution in [2.24, 2.45) is 0 Å². The summed E-state index contributed by atoms with van der Waals surface area (Å²) in [5.41, 5.74) is 4.42. The molecule has 0 saturated heterocycles. The van der Waals surface area contributed by atoms with E-state index in [2.05, 4.69) is 26.0 Å². The summed E-state index contributed by atoms with van der Waals surface area (Å²) in [5, 5.41) is 19.5. The summed E-state index contributed by atoms with van der Waals surface area (Å²) in [6.45, 7) is 8.34. The fraction of sp³-hybridized carbons (Fsp3) is 0.400. The second kappa shape index (κ2) is 6.87. The molecule has 0 heterocycles. The van der Waals surface area contributed by atoms with E-state index in [0.717, 1.165) is 24.0 Å². The zero-order valence-electron chi connectivity index (χ0n) is 13.9. The number of aryl methyl sites for hydroxylation is 2. The van der Waals surface area contributed by atoms with Crippen LogP contribution in [-0.2, 0) is 0 Å². The van der Waals surface area contributed by atoms with Gasteiger partial charge in [-0.2, -0.15) is 0 Å². The van der Waals surface area contributed by atoms with Crippen LogP contribution in [0.3, 0.4) is 0 Å². The van der Waals surface area contributed by atoms with Crippen molar-refractivity contribution in [1.29, 1.82) is 0 Å². The van der Waals surface area contributed by atoms with Crippen molar-refractivity contribution in [3.8, 4) is 11.5 Å². The van der Waals surface area contributed by atoms with Gasteiger partial charge in [0.05, 0.1) is 0 Å². The van der Waals surface area contributed by atoms with E-state index in [0.29, 0.717) is 23.3 Å². The van der Waals surface area contributed by atoms with Gasteiger partial charge in [-0.05, 0) is 72.9 Å². The molecule has 2 aromatic rings. The lowest BCUT2D eigenvalue weighted by atomic mass is 9.77. The van der Waals surface area contributed by atoms with Crippen LogP contribution in [0.5, 0.6) is 11.5 Å². The smallest absolute Gasteiger partial charge is 0.121 e. The highest BCUT2D eigenvalue weighted by Gasteiger charge is 2.23. The van der Waals surface area contributed by atoms with Crippen molar-refractivity contribution in [1.82, 2.24) is 0 Å². The highest BCUT2D eigenvalue weighted by atomic mass is 16.3. The SMILES string of the molecule is CC[C@H](c1ccc(O)cc1)[C@@H](CC)c1cc(C)c(O)c(C)c1. The fourth-order valence-electron chi connectivity index (χ4n) is 3.43. The topological polar surface area (TPSA) is 40.5 Å². The molecule has 0 fully saturated rings. The normalized spacial score (nSPS) is 13.8. The highest BCUT2D eigenvalue weighted by Crippen LogP contribution is 2.40. The minimum Gasteiger partial charge on any atom is -0.508 e. The number of rotatable bonds is 5. The molecule has 0 unspecified atom stereocenters. The monoisotopic (exact) mass is 298 g/mol. The highest BCUT2D eigenvalue weighted by molar-refractivity contribution is 5.44. The van der Waals surface area contributed by atoms with E-state index in [1.54, 1.807) is 12.1 Å². The van der Waals surface area contributed by atoms with Gasteiger partial charge in [0.25, 0.3) is 0 Å². The molecule has 118 valence electrons. The van der Waals surface area contributed by atoms with Gasteiger partial charge in [-0.25, -0.2) is 0 Å². The molecule has 2 N–H and O–H groups in total. The summed E-state index contributed by atoms with van der Waals surface area (Å²) in [6.07, 6.45) is 2.09. The lowest BCUT2D eigenvalue weighted by molar-refractivity contribution is 0.463. The molecule has 0 aromatic heterocycles. The largest absolute Gasteiger partial charge is 0.508 e. The molecule has 2 atom stereocenters. The molecule has 0 amide bonds. The Hall–Kier alpha value is -1.96. The first-order valence-electron chi connectivity index (χ1n) is 8.06. The van der Waals surface area contributed by atoms with Gasteiger partial charge < -0.3 is 10.2 Å². The molecular formula is C20H26O2. The van der Waals surface area contributed by atoms with Crippen LogP contribution in [0.15, 0.2) is 36.4 Å². The van der Waals surface area contributed by atoms with Gasteiger partial charge in [-0.3, -0.25) is 0 Å². The molecule has 2 heteroatoms. The van der Waals surface area contributed by atoms with E-state index in [4.69, 9.17) is 0 Å². The summed E-state index contributed by atoms with van der Waals surface area (Å²) in [5.74, 6) is 1.53. The maximum Gasteiger partial charge on any atom is 0.121 e. The summed E-state index contributed by atoms with van der Waals surface area (Å²) >= 11 is 0. The molecule has 0 aliphatic rings. The van der Waals surface area contributed by atoms with Gasteiger partial charge in [0, 0.05) is 0 Å². The summed E-state index contributed by atoms with van der Waals surface area (Å²) in [4.78, 5) is 0. The van der Waals surface area contributed by atoms with E-state index in [1.165, 1.54) is 11.1 Å². The Morgan fingerprint density at radius 1 is 0.773 bits per heavy atom. The van der Waals surface area contributed by atoms with Gasteiger partial charge in [-0.15, -0.1) is 0 Å². The van der Waals surface area contributed by atoms with E-state index in [9.17, 15) is 10.2 Å². The van der Waals surface area contributed by atoms with E-state index in [1.807, 2.05) is 26.0 Å². The first-order chi connectivity index (χ1) is 10.5. The van der Waals surface area contributed by atoms with Crippen LogP contribution >= 0.6 is 0 Å². The van der Waals surface area contributed by atoms with Gasteiger partial charge in [0.15, 0.2) is 0 Å². The van der Waals surface area contributed by atoms with Crippen molar-refractivity contribution in [3.63, 3.8) is 0 Å². The Labute approximate surface area is 133 Å². The third kappa shape index (κ3) is 3.27. The molecule has 0 saturated carbocycles. The Morgan fingerprint density at radius 3 is 1.68 bits per heavy atom. The third-order valence-corrected chi connectivity index (χ3v) is 4.63. The third-order valence-electron chi connectivity index (χ3n) is 4.63. The number of aromatic hydroxyl groups is 2. The van der Waals surface area contributed by atoms with Crippen LogP contribution in [0.4, 0.5) is 0 Å². The predicted octanol–water partition coefficient (Wildman–Crippen LogP) is 5.40. The van der Waals surface area contributed by atoms with Crippen LogP contribution in [0.25, 0.3) is 0 Å². The standard InChI is InChI=1S/C20H26O2/c1-5-18(15-7-9-17(21)10-8-15)19(6-2)16-11-13(3)20(22)14(4)12-16/h7-12,18-19,21-22H,5-6H2,1-4H3/t18-,19+/m1/s1. The number of benzene rings is 2. The van der Waals surface area contributed by atoms with Crippen molar-refractivity contribution in [2.75, 3.05) is 0 Å². The first-order valence-corrected chi connectivity index (χ1v) is 8.06. The van der Waals surface area contributed by atoms with Gasteiger partial charge in [-0.1, -0.05) is 38.1 Å². The Kier molecular flexibility index (Phi) is 5.12. The lowest BCUT2D eigenvalue weighted by Gasteiger charge is -2.27. The summed E-state index contributed by atoms with van der Waals surface area (Å²) in [6, 6.07) is 11.8. The van der Waals surface area contributed by atoms with Crippen LogP contribution in [0, 0.1) is 13.8 Å². The second-order valence-corrected chi connectivity index (χ2v) is 6.12. The van der Waals surface area contributed by atoms with E-state index in [-0.39, 0.29) is 0 Å². The minimum absolute atomic E-state index is 0.308. The van der Waals surface area contributed by atoms with Crippen LogP contribution in [0.1, 0.15) is 60.8 Å². The summed E-state index contributed by atoms with van der Waals surface area (Å²) < 4.78 is 0. The first kappa shape index (κ1) is 16.4. The Balaban J connectivity index is 2.42. The van der Waals surface area contributed by atoms with Crippen molar-refractivity contribution in [2.45, 2.75) is 52.4 Å². The maximum absolute atomic E-state index is 10.0. The number of phenolic OH excluding ortho intramolecular Hbond substituents is 2. The molecule has 0 aliphatic carbocycles. The Bertz CT molecular complexity index is 606. The molecule has 2 nitrogen and oxygen atoms in total. The molecule has 0 aliphatic heterocycles. The summed E-state index contributed by atoms with van der Waals surface area (Å²) in [7, 11) is 0. The molecule has 22 heavy (non-hydrogen) atoms. The fourth-order valence-corrected chi connectivity index (χ4v) is 3.43. The zero-order valence-corrected chi connectivity index (χ0v) is 13.9. The molecule has 0 radical (unpaired) electrons. The number of hydrogen-bond donors (Lipinski definition) is 2. The van der Waals surface area contributed by atoms with E-state index >= 15 is 0 Å². The average Bonchev–Trinajstić information content (AvgIpc) is 2.51. The Morgan fingerprint density at radius 2 is 1.23 bits per heavy atom. The zero-order chi connectivity index (χ0) is 16.3. The lowest BCUT2D eigenvalue weighted by Crippen LogP contribution is -2.11. The van der Waals surface area contributed by atoms with Gasteiger partial charge in [0.2, 0.25) is 0 Å². The van der Waals surface area contributed by atoms with Crippen molar-refractivity contribution in [3.05, 3.63) is 58.7 Å². The quantitative estimate of drug-likeness (QED) is 0.775. The van der Waals surface area contributed by atoms with Crippen molar-refractivity contribution < 1.29 is 10.2 Å². The van der Waals surface area contributed by atoms with Crippen LogP contribution in [0.2, 0.25) is 0 Å². The average molecular weight is 298 g/mol. The van der Waals surface area contributed by atoms with Crippen LogP contribution < -0.4 is 0 Å². The van der Waals surface area contributed by atoms with E-state index < -0.39 is 0 Å². The maximum atomic E-state index is 10.0. The molecule has 2 rings (SSSR count). The van der Waals surface area contributed by atoms with Crippen LogP contribution in [-0.4, -0.2) is 10.2 Å². The molecule has 2 aromatic carbocycles. The van der Waals surface area contributed by atoms with Crippen molar-refractivity contribution >= 4 is 0 Å². The molecule has 0 spiro atoms.